The maximum atomic E-state index is 13.4. The van der Waals surface area contributed by atoms with Crippen LogP contribution in [-0.4, -0.2) is 99.6 Å². The summed E-state index contributed by atoms with van der Waals surface area (Å²) >= 11 is 0. The van der Waals surface area contributed by atoms with Crippen LogP contribution in [0.2, 0.25) is 0 Å². The minimum absolute atomic E-state index is 0.132. The van der Waals surface area contributed by atoms with E-state index in [0.717, 1.165) is 57.8 Å². The van der Waals surface area contributed by atoms with Gasteiger partial charge in [0, 0.05) is 6.42 Å². The maximum absolute atomic E-state index is 13.4. The molecule has 1 aliphatic rings. The van der Waals surface area contributed by atoms with Crippen molar-refractivity contribution in [3.05, 3.63) is 12.2 Å². The predicted molar refractivity (Wildman–Crippen MR) is 311 cm³/mol. The Morgan fingerprint density at radius 1 is 0.507 bits per heavy atom. The predicted octanol–water partition coefficient (Wildman–Crippen LogP) is 15.5. The van der Waals surface area contributed by atoms with Crippen LogP contribution in [0.15, 0.2) is 12.2 Å². The molecule has 0 bridgehead atoms. The Balaban J connectivity index is 2.56. The van der Waals surface area contributed by atoms with Gasteiger partial charge in [-0.05, 0) is 25.7 Å². The third kappa shape index (κ3) is 41.1. The van der Waals surface area contributed by atoms with Gasteiger partial charge in [0.2, 0.25) is 5.91 Å². The minimum Gasteiger partial charge on any atom is -0.454 e. The molecule has 1 saturated heterocycles. The first-order valence-corrected chi connectivity index (χ1v) is 32.5. The van der Waals surface area contributed by atoms with E-state index in [9.17, 15) is 35.1 Å². The Labute approximate surface area is 461 Å². The molecule has 1 aliphatic heterocycles. The second kappa shape index (κ2) is 53.1. The van der Waals surface area contributed by atoms with Crippen molar-refractivity contribution in [3.8, 4) is 0 Å². The lowest BCUT2D eigenvalue weighted by Gasteiger charge is -2.41. The average molecular weight is 1070 g/mol. The Kier molecular flexibility index (Phi) is 50.5. The van der Waals surface area contributed by atoms with E-state index in [1.807, 2.05) is 6.08 Å². The fourth-order valence-electron chi connectivity index (χ4n) is 10.5. The number of hydrogen-bond donors (Lipinski definition) is 6. The largest absolute Gasteiger partial charge is 0.454 e. The lowest BCUT2D eigenvalue weighted by Crippen LogP contribution is -2.61. The molecule has 11 heteroatoms. The standard InChI is InChI=1S/C64H123NO10/c1-4-7-10-13-16-19-22-24-25-26-27-28-29-30-31-32-33-34-37-40-43-46-49-52-59(69)75-62-61(71)60(70)58(53-66)74-64(62)73-54-55(56(67)50-47-44-41-38-35-21-18-15-12-9-6-3)65-63(72)57(68)51-48-45-42-39-36-23-20-17-14-11-8-5-2/h47,50,55-58,60-62,64,66-68,70-71H,4-46,48-49,51-54H2,1-3H3,(H,65,72)/b50-47+. The molecule has 75 heavy (non-hydrogen) atoms. The number of carbonyl (C=O) groups is 2. The van der Waals surface area contributed by atoms with Crippen molar-refractivity contribution in [1.29, 1.82) is 0 Å². The van der Waals surface area contributed by atoms with E-state index >= 15 is 0 Å². The van der Waals surface area contributed by atoms with Gasteiger partial charge in [0.25, 0.3) is 0 Å². The maximum Gasteiger partial charge on any atom is 0.306 e. The first kappa shape index (κ1) is 71.4. The van der Waals surface area contributed by atoms with Gasteiger partial charge >= 0.3 is 5.97 Å². The first-order valence-electron chi connectivity index (χ1n) is 32.5. The smallest absolute Gasteiger partial charge is 0.306 e. The highest BCUT2D eigenvalue weighted by molar-refractivity contribution is 5.80. The second-order valence-electron chi connectivity index (χ2n) is 22.9. The number of nitrogens with one attached hydrogen (secondary N) is 1. The van der Waals surface area contributed by atoms with E-state index in [-0.39, 0.29) is 13.0 Å². The number of amides is 1. The Bertz CT molecular complexity index is 1270. The highest BCUT2D eigenvalue weighted by Crippen LogP contribution is 2.26. The van der Waals surface area contributed by atoms with E-state index < -0.39 is 67.4 Å². The normalized spacial score (nSPS) is 19.2. The van der Waals surface area contributed by atoms with Crippen LogP contribution >= 0.6 is 0 Å². The number of ether oxygens (including phenoxy) is 3. The summed E-state index contributed by atoms with van der Waals surface area (Å²) in [4.78, 5) is 26.5. The zero-order valence-electron chi connectivity index (χ0n) is 49.2. The quantitative estimate of drug-likeness (QED) is 0.0195. The molecule has 8 atom stereocenters. The number of aliphatic hydroxyl groups is 5. The molecule has 0 saturated carbocycles. The van der Waals surface area contributed by atoms with Gasteiger partial charge in [-0.3, -0.25) is 9.59 Å². The summed E-state index contributed by atoms with van der Waals surface area (Å²) in [5, 5.41) is 56.9. The number of unbranched alkanes of at least 4 members (excludes halogenated alkanes) is 42. The lowest BCUT2D eigenvalue weighted by molar-refractivity contribution is -0.305. The van der Waals surface area contributed by atoms with Gasteiger partial charge in [0.15, 0.2) is 12.4 Å². The van der Waals surface area contributed by atoms with Crippen LogP contribution < -0.4 is 5.32 Å². The molecule has 0 aromatic heterocycles. The van der Waals surface area contributed by atoms with Crippen molar-refractivity contribution in [3.63, 3.8) is 0 Å². The third-order valence-corrected chi connectivity index (χ3v) is 15.7. The van der Waals surface area contributed by atoms with Gasteiger partial charge in [-0.2, -0.15) is 0 Å². The summed E-state index contributed by atoms with van der Waals surface area (Å²) < 4.78 is 17.6. The number of rotatable bonds is 56. The zero-order chi connectivity index (χ0) is 54.7. The number of aliphatic hydroxyl groups excluding tert-OH is 5. The van der Waals surface area contributed by atoms with Gasteiger partial charge in [-0.1, -0.05) is 303 Å². The highest BCUT2D eigenvalue weighted by Gasteiger charge is 2.47. The van der Waals surface area contributed by atoms with Crippen molar-refractivity contribution in [2.75, 3.05) is 13.2 Å². The number of hydrogen-bond acceptors (Lipinski definition) is 10. The molecule has 0 spiro atoms. The summed E-state index contributed by atoms with van der Waals surface area (Å²) in [7, 11) is 0. The fraction of sp³-hybridized carbons (Fsp3) is 0.938. The van der Waals surface area contributed by atoms with Crippen LogP contribution in [0.1, 0.15) is 323 Å². The minimum atomic E-state index is -1.61. The molecule has 11 nitrogen and oxygen atoms in total. The SMILES string of the molecule is CCCCCCCCCCC/C=C/C(O)C(COC1OC(CO)C(O)C(O)C1OC(=O)CCCCCCCCCCCCCCCCCCCCCCCCC)NC(=O)C(O)CCCCCCCCCCCCCC. The summed E-state index contributed by atoms with van der Waals surface area (Å²) in [6.45, 7) is 5.82. The van der Waals surface area contributed by atoms with E-state index in [1.165, 1.54) is 218 Å². The summed E-state index contributed by atoms with van der Waals surface area (Å²) in [5.41, 5.74) is 0. The monoisotopic (exact) mass is 1070 g/mol. The Morgan fingerprint density at radius 3 is 1.25 bits per heavy atom. The molecule has 1 fully saturated rings. The van der Waals surface area contributed by atoms with Crippen molar-refractivity contribution >= 4 is 11.9 Å². The summed E-state index contributed by atoms with van der Waals surface area (Å²) in [5.74, 6) is -1.18. The zero-order valence-corrected chi connectivity index (χ0v) is 49.2. The molecular weight excluding hydrogens is 943 g/mol. The highest BCUT2D eigenvalue weighted by atomic mass is 16.7. The van der Waals surface area contributed by atoms with E-state index in [2.05, 4.69) is 26.1 Å². The third-order valence-electron chi connectivity index (χ3n) is 15.7. The molecule has 1 heterocycles. The fourth-order valence-corrected chi connectivity index (χ4v) is 10.5. The average Bonchev–Trinajstić information content (AvgIpc) is 3.41. The first-order chi connectivity index (χ1) is 36.7. The van der Waals surface area contributed by atoms with Crippen molar-refractivity contribution < 1.29 is 49.3 Å². The molecule has 0 aromatic carbocycles. The van der Waals surface area contributed by atoms with Gasteiger partial charge < -0.3 is 45.1 Å². The molecule has 0 radical (unpaired) electrons. The van der Waals surface area contributed by atoms with Gasteiger partial charge in [0.1, 0.15) is 24.4 Å². The van der Waals surface area contributed by atoms with Crippen LogP contribution in [0, 0.1) is 0 Å². The van der Waals surface area contributed by atoms with Crippen LogP contribution in [0.3, 0.4) is 0 Å². The number of esters is 1. The van der Waals surface area contributed by atoms with Crippen molar-refractivity contribution in [1.82, 2.24) is 5.32 Å². The Hall–Kier alpha value is -1.60. The topological polar surface area (TPSA) is 175 Å². The van der Waals surface area contributed by atoms with Crippen molar-refractivity contribution in [2.45, 2.75) is 372 Å². The van der Waals surface area contributed by atoms with Crippen LogP contribution in [-0.2, 0) is 23.8 Å². The van der Waals surface area contributed by atoms with Crippen LogP contribution in [0.25, 0.3) is 0 Å². The van der Waals surface area contributed by atoms with E-state index in [0.29, 0.717) is 19.3 Å². The number of allylic oxidation sites excluding steroid dienone is 1. The van der Waals surface area contributed by atoms with Crippen LogP contribution in [0.5, 0.6) is 0 Å². The molecule has 6 N–H and O–H groups in total. The summed E-state index contributed by atoms with van der Waals surface area (Å²) in [6.07, 6.45) is 49.8. The Morgan fingerprint density at radius 2 is 0.867 bits per heavy atom. The molecule has 1 rings (SSSR count). The van der Waals surface area contributed by atoms with Crippen molar-refractivity contribution in [2.24, 2.45) is 0 Å². The summed E-state index contributed by atoms with van der Waals surface area (Å²) in [6, 6.07) is -1.01. The second-order valence-corrected chi connectivity index (χ2v) is 22.9. The molecule has 0 aliphatic carbocycles. The van der Waals surface area contributed by atoms with E-state index in [1.54, 1.807) is 6.08 Å². The molecule has 0 aromatic rings. The molecule has 8 unspecified atom stereocenters. The van der Waals surface area contributed by atoms with E-state index in [4.69, 9.17) is 14.2 Å². The van der Waals surface area contributed by atoms with Gasteiger partial charge in [-0.25, -0.2) is 0 Å². The molecular formula is C64H123NO10. The lowest BCUT2D eigenvalue weighted by atomic mass is 9.99. The number of carbonyl (C=O) groups excluding carboxylic acids is 2. The molecule has 1 amide bonds. The van der Waals surface area contributed by atoms with Gasteiger partial charge in [-0.15, -0.1) is 0 Å². The van der Waals surface area contributed by atoms with Gasteiger partial charge in [0.05, 0.1) is 25.4 Å². The molecule has 444 valence electrons. The van der Waals surface area contributed by atoms with Crippen LogP contribution in [0.4, 0.5) is 0 Å².